The van der Waals surface area contributed by atoms with E-state index in [0.29, 0.717) is 35.2 Å². The van der Waals surface area contributed by atoms with Gasteiger partial charge in [-0.3, -0.25) is 0 Å². The predicted octanol–water partition coefficient (Wildman–Crippen LogP) is 2.32. The van der Waals surface area contributed by atoms with Gasteiger partial charge in [0.25, 0.3) is 0 Å². The van der Waals surface area contributed by atoms with Crippen molar-refractivity contribution in [1.82, 2.24) is 15.0 Å². The lowest BCUT2D eigenvalue weighted by Crippen LogP contribution is -2.09. The summed E-state index contributed by atoms with van der Waals surface area (Å²) in [7, 11) is 3.08. The first-order chi connectivity index (χ1) is 10.5. The molecule has 2 aromatic rings. The highest BCUT2D eigenvalue weighted by atomic mass is 16.5. The number of carbonyl (C=O) groups is 1. The highest BCUT2D eigenvalue weighted by molar-refractivity contribution is 5.93. The van der Waals surface area contributed by atoms with Gasteiger partial charge in [0, 0.05) is 18.2 Å². The molecule has 0 aliphatic rings. The molecular formula is C15H19N3O4. The van der Waals surface area contributed by atoms with Gasteiger partial charge in [0.15, 0.2) is 5.69 Å². The molecule has 1 heterocycles. The molecule has 22 heavy (non-hydrogen) atoms. The molecule has 7 heteroatoms. The summed E-state index contributed by atoms with van der Waals surface area (Å²) in [5.74, 6) is 0.326. The Labute approximate surface area is 128 Å². The maximum absolute atomic E-state index is 11.4. The lowest BCUT2D eigenvalue weighted by molar-refractivity contribution is 0.0691. The zero-order valence-electron chi connectivity index (χ0n) is 13.0. The van der Waals surface area contributed by atoms with Crippen LogP contribution in [0, 0.1) is 5.92 Å². The molecule has 0 amide bonds. The fourth-order valence-electron chi connectivity index (χ4n) is 2.16. The number of aromatic carboxylic acids is 1. The van der Waals surface area contributed by atoms with Gasteiger partial charge in [-0.25, -0.2) is 9.48 Å². The maximum atomic E-state index is 11.4. The minimum absolute atomic E-state index is 0.0871. The van der Waals surface area contributed by atoms with Gasteiger partial charge in [0.2, 0.25) is 0 Å². The summed E-state index contributed by atoms with van der Waals surface area (Å²) in [6.07, 6.45) is 0. The van der Waals surface area contributed by atoms with Crippen molar-refractivity contribution in [2.75, 3.05) is 14.2 Å². The van der Waals surface area contributed by atoms with E-state index >= 15 is 0 Å². The number of methoxy groups -OCH3 is 2. The number of aromatic nitrogens is 3. The van der Waals surface area contributed by atoms with Gasteiger partial charge < -0.3 is 14.6 Å². The van der Waals surface area contributed by atoms with Gasteiger partial charge in [-0.1, -0.05) is 19.1 Å². The zero-order valence-corrected chi connectivity index (χ0v) is 13.0. The fraction of sp³-hybridized carbons (Fsp3) is 0.400. The van der Waals surface area contributed by atoms with Crippen LogP contribution in [0.25, 0.3) is 11.3 Å². The molecule has 0 saturated heterocycles. The molecule has 0 fully saturated rings. The zero-order chi connectivity index (χ0) is 16.3. The number of benzene rings is 1. The number of rotatable bonds is 6. The molecule has 1 N–H and O–H groups in total. The second-order valence-electron chi connectivity index (χ2n) is 5.27. The minimum atomic E-state index is -1.12. The lowest BCUT2D eigenvalue weighted by atomic mass is 10.1. The van der Waals surface area contributed by atoms with E-state index in [1.807, 2.05) is 13.8 Å². The number of hydrogen-bond donors (Lipinski definition) is 1. The highest BCUT2D eigenvalue weighted by Gasteiger charge is 2.22. The van der Waals surface area contributed by atoms with Crippen LogP contribution >= 0.6 is 0 Å². The average Bonchev–Trinajstić information content (AvgIpc) is 2.89. The molecule has 2 rings (SSSR count). The Morgan fingerprint density at radius 2 is 1.82 bits per heavy atom. The first-order valence-electron chi connectivity index (χ1n) is 6.86. The van der Waals surface area contributed by atoms with Crippen LogP contribution in [0.2, 0.25) is 0 Å². The normalized spacial score (nSPS) is 10.8. The van der Waals surface area contributed by atoms with Crippen molar-refractivity contribution >= 4 is 5.97 Å². The van der Waals surface area contributed by atoms with Gasteiger partial charge in [0.05, 0.1) is 14.2 Å². The van der Waals surface area contributed by atoms with Crippen molar-refractivity contribution < 1.29 is 19.4 Å². The molecule has 0 aliphatic heterocycles. The van der Waals surface area contributed by atoms with Crippen LogP contribution < -0.4 is 9.47 Å². The van der Waals surface area contributed by atoms with E-state index in [1.54, 1.807) is 37.1 Å². The van der Waals surface area contributed by atoms with Gasteiger partial charge in [0.1, 0.15) is 17.2 Å². The summed E-state index contributed by atoms with van der Waals surface area (Å²) in [4.78, 5) is 11.4. The molecule has 0 unspecified atom stereocenters. The van der Waals surface area contributed by atoms with E-state index in [4.69, 9.17) is 9.47 Å². The van der Waals surface area contributed by atoms with E-state index in [-0.39, 0.29) is 5.69 Å². The van der Waals surface area contributed by atoms with Gasteiger partial charge >= 0.3 is 5.97 Å². The lowest BCUT2D eigenvalue weighted by Gasteiger charge is -2.12. The summed E-state index contributed by atoms with van der Waals surface area (Å²) >= 11 is 0. The van der Waals surface area contributed by atoms with E-state index < -0.39 is 5.97 Å². The molecule has 0 bridgehead atoms. The third kappa shape index (κ3) is 3.19. The molecule has 7 nitrogen and oxygen atoms in total. The summed E-state index contributed by atoms with van der Waals surface area (Å²) in [6.45, 7) is 4.62. The van der Waals surface area contributed by atoms with Gasteiger partial charge in [-0.2, -0.15) is 0 Å². The van der Waals surface area contributed by atoms with Crippen LogP contribution in [0.15, 0.2) is 18.2 Å². The van der Waals surface area contributed by atoms with Crippen LogP contribution in [-0.2, 0) is 6.54 Å². The van der Waals surface area contributed by atoms with Gasteiger partial charge in [-0.15, -0.1) is 5.10 Å². The first-order valence-corrected chi connectivity index (χ1v) is 6.86. The molecule has 1 aromatic carbocycles. The highest BCUT2D eigenvalue weighted by Crippen LogP contribution is 2.31. The third-order valence-electron chi connectivity index (χ3n) is 3.10. The number of hydrogen-bond acceptors (Lipinski definition) is 5. The van der Waals surface area contributed by atoms with Crippen molar-refractivity contribution in [3.63, 3.8) is 0 Å². The van der Waals surface area contributed by atoms with Crippen LogP contribution in [-0.4, -0.2) is 40.3 Å². The molecule has 0 radical (unpaired) electrons. The Hall–Kier alpha value is -2.57. The minimum Gasteiger partial charge on any atom is -0.497 e. The fourth-order valence-corrected chi connectivity index (χ4v) is 2.16. The number of carboxylic acids is 1. The Morgan fingerprint density at radius 3 is 2.27 bits per heavy atom. The first kappa shape index (κ1) is 15.8. The average molecular weight is 305 g/mol. The van der Waals surface area contributed by atoms with Crippen molar-refractivity contribution in [2.45, 2.75) is 20.4 Å². The van der Waals surface area contributed by atoms with Crippen LogP contribution in [0.1, 0.15) is 24.3 Å². The smallest absolute Gasteiger partial charge is 0.358 e. The van der Waals surface area contributed by atoms with Crippen molar-refractivity contribution in [2.24, 2.45) is 5.92 Å². The largest absolute Gasteiger partial charge is 0.497 e. The number of ether oxygens (including phenoxy) is 2. The van der Waals surface area contributed by atoms with E-state index in [0.717, 1.165) is 0 Å². The van der Waals surface area contributed by atoms with E-state index in [9.17, 15) is 9.90 Å². The second-order valence-corrected chi connectivity index (χ2v) is 5.27. The van der Waals surface area contributed by atoms with Crippen LogP contribution in [0.5, 0.6) is 11.5 Å². The molecular weight excluding hydrogens is 286 g/mol. The topological polar surface area (TPSA) is 86.5 Å². The quantitative estimate of drug-likeness (QED) is 0.881. The standard InChI is InChI=1S/C15H19N3O4/c1-9(2)8-18-14(13(15(19)20)16-17-18)10-5-11(21-3)7-12(6-10)22-4/h5-7,9H,8H2,1-4H3,(H,19,20). The van der Waals surface area contributed by atoms with Crippen molar-refractivity contribution in [1.29, 1.82) is 0 Å². The molecule has 0 saturated carbocycles. The van der Waals surface area contributed by atoms with Crippen LogP contribution in [0.3, 0.4) is 0 Å². The third-order valence-corrected chi connectivity index (χ3v) is 3.10. The Morgan fingerprint density at radius 1 is 1.23 bits per heavy atom. The van der Waals surface area contributed by atoms with E-state index in [2.05, 4.69) is 10.3 Å². The van der Waals surface area contributed by atoms with E-state index in [1.165, 1.54) is 0 Å². The summed E-state index contributed by atoms with van der Waals surface area (Å²) in [5.41, 5.74) is 0.994. The Balaban J connectivity index is 2.63. The maximum Gasteiger partial charge on any atom is 0.358 e. The van der Waals surface area contributed by atoms with Gasteiger partial charge in [-0.05, 0) is 18.1 Å². The van der Waals surface area contributed by atoms with Crippen molar-refractivity contribution in [3.8, 4) is 22.8 Å². The molecule has 0 spiro atoms. The molecule has 0 atom stereocenters. The molecule has 118 valence electrons. The Bertz CT molecular complexity index is 657. The van der Waals surface area contributed by atoms with Crippen molar-refractivity contribution in [3.05, 3.63) is 23.9 Å². The SMILES string of the molecule is COc1cc(OC)cc(-c2c(C(=O)O)nnn2CC(C)C)c1. The number of nitrogens with zero attached hydrogens (tertiary/aromatic N) is 3. The van der Waals surface area contributed by atoms with Crippen LogP contribution in [0.4, 0.5) is 0 Å². The number of carboxylic acid groups (broad SMARTS) is 1. The summed E-state index contributed by atoms with van der Waals surface area (Å²) < 4.78 is 12.1. The predicted molar refractivity (Wildman–Crippen MR) is 80.4 cm³/mol. The second kappa shape index (κ2) is 6.46. The summed E-state index contributed by atoms with van der Waals surface area (Å²) in [5, 5.41) is 17.1. The molecule has 1 aromatic heterocycles. The molecule has 0 aliphatic carbocycles. The Kier molecular flexibility index (Phi) is 4.65. The summed E-state index contributed by atoms with van der Waals surface area (Å²) in [6, 6.07) is 5.20. The monoisotopic (exact) mass is 305 g/mol.